The molecule has 54 heavy (non-hydrogen) atoms. The van der Waals surface area contributed by atoms with Crippen molar-refractivity contribution >= 4 is 33.0 Å². The fourth-order valence-corrected chi connectivity index (χ4v) is 8.82. The molecule has 1 aromatic heterocycles. The predicted octanol–water partition coefficient (Wildman–Crippen LogP) is 13.8. The van der Waals surface area contributed by atoms with Crippen LogP contribution in [0.25, 0.3) is 60.9 Å². The maximum absolute atomic E-state index is 2.48. The molecule has 8 aromatic carbocycles. The molecule has 0 N–H and O–H groups in total. The molecule has 0 atom stereocenters. The molecule has 0 spiro atoms. The highest BCUT2D eigenvalue weighted by Crippen LogP contribution is 2.51. The van der Waals surface area contributed by atoms with E-state index in [1.54, 1.807) is 0 Å². The van der Waals surface area contributed by atoms with Crippen LogP contribution in [0.1, 0.15) is 47.2 Å². The molecule has 0 saturated carbocycles. The lowest BCUT2D eigenvalue weighted by molar-refractivity contribution is 0.630. The Bertz CT molecular complexity index is 2720. The minimum atomic E-state index is -0.192. The first-order chi connectivity index (χ1) is 26.6. The van der Waals surface area contributed by atoms with E-state index in [1.165, 1.54) is 88.6 Å². The molecule has 0 aliphatic heterocycles. The van der Waals surface area contributed by atoms with Gasteiger partial charge in [-0.25, -0.2) is 0 Å². The quantitative estimate of drug-likeness (QED) is 0.170. The lowest BCUT2D eigenvalue weighted by Crippen LogP contribution is -2.27. The van der Waals surface area contributed by atoms with Crippen LogP contribution in [-0.4, -0.2) is 4.57 Å². The van der Waals surface area contributed by atoms with Gasteiger partial charge in [-0.1, -0.05) is 178 Å². The fourth-order valence-electron chi connectivity index (χ4n) is 8.82. The van der Waals surface area contributed by atoms with Crippen molar-refractivity contribution in [3.8, 4) is 27.9 Å². The number of aromatic nitrogens is 1. The van der Waals surface area contributed by atoms with E-state index in [9.17, 15) is 0 Å². The average Bonchev–Trinajstić information content (AvgIpc) is 3.56. The maximum atomic E-state index is 2.48. The number of fused-ring (bicyclic) bond motifs is 5. The van der Waals surface area contributed by atoms with E-state index in [2.05, 4.69) is 219 Å². The summed E-state index contributed by atoms with van der Waals surface area (Å²) in [4.78, 5) is 0. The van der Waals surface area contributed by atoms with Gasteiger partial charge in [-0.2, -0.15) is 0 Å². The smallest absolute Gasteiger partial charge is 0.0541 e. The predicted molar refractivity (Wildman–Crippen MR) is 228 cm³/mol. The first kappa shape index (κ1) is 32.0. The largest absolute Gasteiger partial charge is 0.309 e. The Hall–Kier alpha value is -6.70. The summed E-state index contributed by atoms with van der Waals surface area (Å²) in [5.74, 6) is 0. The van der Waals surface area contributed by atoms with Crippen molar-refractivity contribution in [2.45, 2.75) is 19.3 Å². The summed E-state index contributed by atoms with van der Waals surface area (Å²) in [6.45, 7) is 4.75. The molecule has 1 heteroatoms. The third-order valence-electron chi connectivity index (χ3n) is 11.4. The zero-order valence-corrected chi connectivity index (χ0v) is 30.5. The fraction of sp³-hybridized carbons (Fsp3) is 0.0566. The molecule has 10 rings (SSSR count). The zero-order chi connectivity index (χ0) is 36.2. The Morgan fingerprint density at radius 2 is 0.852 bits per heavy atom. The molecular weight excluding hydrogens is 651 g/mol. The highest BCUT2D eigenvalue weighted by Gasteiger charge is 2.36. The Balaban J connectivity index is 1.28. The average molecular weight is 690 g/mol. The molecular formula is C53H39N. The van der Waals surface area contributed by atoms with Crippen LogP contribution in [-0.2, 0) is 5.41 Å². The number of hydrogen-bond acceptors (Lipinski definition) is 0. The van der Waals surface area contributed by atoms with Gasteiger partial charge in [0.15, 0.2) is 0 Å². The lowest BCUT2D eigenvalue weighted by Gasteiger charge is -2.38. The van der Waals surface area contributed by atoms with Crippen molar-refractivity contribution in [2.24, 2.45) is 0 Å². The standard InChI is InChI=1S/C53H39N/c1-53(2)47-26-16-15-25-43(47)52(51(38-21-11-5-12-22-38)39-23-13-6-14-24-39)46-35-42(29-30-48(46)53)54-49-31-27-40(36-17-7-3-8-18-36)33-44(49)45-34-41(28-32-50(45)54)37-19-9-4-10-20-37/h3-35H,1-2H3. The monoisotopic (exact) mass is 689 g/mol. The molecule has 0 bridgehead atoms. The highest BCUT2D eigenvalue weighted by molar-refractivity contribution is 6.12. The van der Waals surface area contributed by atoms with Gasteiger partial charge in [0.1, 0.15) is 0 Å². The van der Waals surface area contributed by atoms with Crippen LogP contribution in [0.4, 0.5) is 0 Å². The molecule has 0 amide bonds. The summed E-state index contributed by atoms with van der Waals surface area (Å²) >= 11 is 0. The molecule has 0 saturated heterocycles. The highest BCUT2D eigenvalue weighted by atomic mass is 15.0. The van der Waals surface area contributed by atoms with Crippen LogP contribution < -0.4 is 0 Å². The van der Waals surface area contributed by atoms with Crippen LogP contribution in [0.2, 0.25) is 0 Å². The van der Waals surface area contributed by atoms with Crippen molar-refractivity contribution in [1.82, 2.24) is 4.57 Å². The van der Waals surface area contributed by atoms with Gasteiger partial charge in [-0.05, 0) is 103 Å². The van der Waals surface area contributed by atoms with Crippen LogP contribution in [0.3, 0.4) is 0 Å². The Morgan fingerprint density at radius 1 is 0.389 bits per heavy atom. The minimum absolute atomic E-state index is 0.192. The van der Waals surface area contributed by atoms with E-state index in [4.69, 9.17) is 0 Å². The van der Waals surface area contributed by atoms with E-state index in [0.29, 0.717) is 0 Å². The lowest BCUT2D eigenvalue weighted by atomic mass is 9.65. The molecule has 1 heterocycles. The van der Waals surface area contributed by atoms with Crippen molar-refractivity contribution in [3.05, 3.63) is 234 Å². The van der Waals surface area contributed by atoms with Crippen molar-refractivity contribution in [1.29, 1.82) is 0 Å². The van der Waals surface area contributed by atoms with Crippen molar-refractivity contribution in [2.75, 3.05) is 0 Å². The third kappa shape index (κ3) is 5.16. The van der Waals surface area contributed by atoms with Gasteiger partial charge >= 0.3 is 0 Å². The van der Waals surface area contributed by atoms with Gasteiger partial charge in [0.25, 0.3) is 0 Å². The van der Waals surface area contributed by atoms with Crippen LogP contribution in [0, 0.1) is 0 Å². The summed E-state index contributed by atoms with van der Waals surface area (Å²) in [5, 5.41) is 2.50. The van der Waals surface area contributed by atoms with E-state index < -0.39 is 0 Å². The van der Waals surface area contributed by atoms with Crippen LogP contribution in [0.15, 0.2) is 200 Å². The van der Waals surface area contributed by atoms with E-state index in [-0.39, 0.29) is 5.41 Å². The normalized spacial score (nSPS) is 13.1. The molecule has 256 valence electrons. The second-order valence-corrected chi connectivity index (χ2v) is 14.9. The van der Waals surface area contributed by atoms with E-state index >= 15 is 0 Å². The minimum Gasteiger partial charge on any atom is -0.309 e. The number of nitrogens with zero attached hydrogens (tertiary/aromatic N) is 1. The summed E-state index contributed by atoms with van der Waals surface area (Å²) < 4.78 is 2.48. The van der Waals surface area contributed by atoms with Gasteiger partial charge in [-0.3, -0.25) is 0 Å². The molecule has 0 radical (unpaired) electrons. The SMILES string of the molecule is CC1(C)c2ccccc2C(=C(c2ccccc2)c2ccccc2)c2cc(-n3c4ccc(-c5ccccc5)cc4c4cc(-c5ccccc5)ccc43)ccc21. The van der Waals surface area contributed by atoms with Gasteiger partial charge in [0, 0.05) is 21.9 Å². The van der Waals surface area contributed by atoms with Crippen molar-refractivity contribution in [3.63, 3.8) is 0 Å². The topological polar surface area (TPSA) is 4.93 Å². The van der Waals surface area contributed by atoms with Gasteiger partial charge in [-0.15, -0.1) is 0 Å². The number of hydrogen-bond donors (Lipinski definition) is 0. The first-order valence-corrected chi connectivity index (χ1v) is 18.9. The molecule has 0 fully saturated rings. The third-order valence-corrected chi connectivity index (χ3v) is 11.4. The van der Waals surface area contributed by atoms with Gasteiger partial charge in [0.05, 0.1) is 11.0 Å². The Kier molecular flexibility index (Phi) is 7.56. The molecule has 1 nitrogen and oxygen atoms in total. The van der Waals surface area contributed by atoms with Gasteiger partial charge < -0.3 is 4.57 Å². The zero-order valence-electron chi connectivity index (χ0n) is 30.5. The summed E-state index contributed by atoms with van der Waals surface area (Å²) in [6.07, 6.45) is 0. The Morgan fingerprint density at radius 3 is 1.39 bits per heavy atom. The number of rotatable bonds is 5. The molecule has 1 aliphatic carbocycles. The van der Waals surface area contributed by atoms with E-state index in [0.717, 1.165) is 5.69 Å². The van der Waals surface area contributed by atoms with E-state index in [1.807, 2.05) is 0 Å². The summed E-state index contributed by atoms with van der Waals surface area (Å²) in [7, 11) is 0. The molecule has 9 aromatic rings. The summed E-state index contributed by atoms with van der Waals surface area (Å²) in [5.41, 5.74) is 18.4. The second-order valence-electron chi connectivity index (χ2n) is 14.9. The number of benzene rings is 8. The van der Waals surface area contributed by atoms with Gasteiger partial charge in [0.2, 0.25) is 0 Å². The summed E-state index contributed by atoms with van der Waals surface area (Å²) in [6, 6.07) is 73.4. The van der Waals surface area contributed by atoms with Crippen molar-refractivity contribution < 1.29 is 0 Å². The second kappa shape index (κ2) is 12.8. The Labute approximate surface area is 317 Å². The van der Waals surface area contributed by atoms with Crippen LogP contribution >= 0.6 is 0 Å². The first-order valence-electron chi connectivity index (χ1n) is 18.9. The van der Waals surface area contributed by atoms with Crippen LogP contribution in [0.5, 0.6) is 0 Å². The molecule has 0 unspecified atom stereocenters. The molecule has 1 aliphatic rings. The maximum Gasteiger partial charge on any atom is 0.0541 e.